The molecule has 1 amide bonds. The number of likely N-dealkylation sites (N-methyl/N-ethyl adjacent to an activating group) is 2. The third-order valence-corrected chi connectivity index (χ3v) is 7.13. The van der Waals surface area contributed by atoms with Gasteiger partial charge in [0.15, 0.2) is 5.67 Å². The van der Waals surface area contributed by atoms with Gasteiger partial charge in [-0.15, -0.1) is 0 Å². The maximum atomic E-state index is 15.2. The maximum Gasteiger partial charge on any atom is 0.254 e. The highest BCUT2D eigenvalue weighted by Gasteiger charge is 2.43. The molecule has 0 spiro atoms. The Hall–Kier alpha value is -1.86. The van der Waals surface area contributed by atoms with E-state index >= 15 is 4.39 Å². The van der Waals surface area contributed by atoms with Gasteiger partial charge in [-0.25, -0.2) is 4.39 Å². The quantitative estimate of drug-likeness (QED) is 0.621. The van der Waals surface area contributed by atoms with Crippen molar-refractivity contribution >= 4 is 5.91 Å². The van der Waals surface area contributed by atoms with Crippen LogP contribution >= 0.6 is 0 Å². The lowest BCUT2D eigenvalue weighted by Crippen LogP contribution is -2.63. The van der Waals surface area contributed by atoms with E-state index in [-0.39, 0.29) is 23.4 Å². The molecule has 29 heavy (non-hydrogen) atoms. The Morgan fingerprint density at radius 1 is 1.03 bits per heavy atom. The number of alkyl halides is 1. The van der Waals surface area contributed by atoms with E-state index in [0.717, 1.165) is 31.2 Å². The molecule has 0 saturated carbocycles. The summed E-state index contributed by atoms with van der Waals surface area (Å²) < 4.78 is 15.2. The maximum absolute atomic E-state index is 15.2. The van der Waals surface area contributed by atoms with E-state index < -0.39 is 5.67 Å². The van der Waals surface area contributed by atoms with E-state index in [0.29, 0.717) is 12.0 Å². The van der Waals surface area contributed by atoms with Gasteiger partial charge < -0.3 is 9.80 Å². The van der Waals surface area contributed by atoms with Gasteiger partial charge in [0, 0.05) is 31.0 Å². The summed E-state index contributed by atoms with van der Waals surface area (Å²) in [4.78, 5) is 17.1. The van der Waals surface area contributed by atoms with E-state index in [9.17, 15) is 4.79 Å². The van der Waals surface area contributed by atoms with Crippen LogP contribution in [0.5, 0.6) is 0 Å². The lowest BCUT2D eigenvalue weighted by Gasteiger charge is -2.51. The molecule has 0 aliphatic heterocycles. The number of benzene rings is 1. The summed E-state index contributed by atoms with van der Waals surface area (Å²) in [5.41, 5.74) is -0.552. The molecular formula is C25H37FN2O. The van der Waals surface area contributed by atoms with Crippen molar-refractivity contribution in [3.05, 3.63) is 35.4 Å². The normalized spacial score (nSPS) is 20.4. The number of halogens is 1. The topological polar surface area (TPSA) is 23.6 Å². The van der Waals surface area contributed by atoms with E-state index in [1.165, 1.54) is 0 Å². The highest BCUT2D eigenvalue weighted by Crippen LogP contribution is 2.32. The molecule has 1 aromatic carbocycles. The molecule has 3 nitrogen and oxygen atoms in total. The van der Waals surface area contributed by atoms with Gasteiger partial charge >= 0.3 is 0 Å². The van der Waals surface area contributed by atoms with Crippen molar-refractivity contribution in [1.29, 1.82) is 0 Å². The Morgan fingerprint density at radius 3 is 2.24 bits per heavy atom. The minimum atomic E-state index is -1.46. The Kier molecular flexibility index (Phi) is 7.17. The van der Waals surface area contributed by atoms with Gasteiger partial charge in [0.25, 0.3) is 5.91 Å². The van der Waals surface area contributed by atoms with Crippen LogP contribution in [0, 0.1) is 11.8 Å². The lowest BCUT2D eigenvalue weighted by molar-refractivity contribution is 0.00493. The van der Waals surface area contributed by atoms with Crippen LogP contribution in [0.2, 0.25) is 0 Å². The van der Waals surface area contributed by atoms with Crippen molar-refractivity contribution in [2.24, 2.45) is 0 Å². The fourth-order valence-corrected chi connectivity index (χ4v) is 3.71. The molecule has 1 aliphatic carbocycles. The van der Waals surface area contributed by atoms with Gasteiger partial charge in [-0.05, 0) is 78.7 Å². The molecule has 0 heterocycles. The molecule has 2 rings (SSSR count). The highest BCUT2D eigenvalue weighted by molar-refractivity contribution is 5.94. The molecule has 0 N–H and O–H groups in total. The van der Waals surface area contributed by atoms with Crippen LogP contribution < -0.4 is 0 Å². The zero-order chi connectivity index (χ0) is 21.9. The molecule has 4 heteroatoms. The van der Waals surface area contributed by atoms with Gasteiger partial charge in [-0.3, -0.25) is 4.79 Å². The number of hydrogen-bond acceptors (Lipinski definition) is 2. The Bertz CT molecular complexity index is 770. The average Bonchev–Trinajstić information content (AvgIpc) is 2.64. The third kappa shape index (κ3) is 5.20. The summed E-state index contributed by atoms with van der Waals surface area (Å²) in [6.45, 7) is 8.44. The second kappa shape index (κ2) is 8.88. The van der Waals surface area contributed by atoms with Gasteiger partial charge in [-0.1, -0.05) is 30.4 Å². The number of carbonyl (C=O) groups is 1. The van der Waals surface area contributed by atoms with Gasteiger partial charge in [0.1, 0.15) is 0 Å². The molecule has 0 radical (unpaired) electrons. The molecule has 1 aliphatic rings. The van der Waals surface area contributed by atoms with Crippen molar-refractivity contribution in [1.82, 2.24) is 9.80 Å². The Labute approximate surface area is 176 Å². The van der Waals surface area contributed by atoms with E-state index in [2.05, 4.69) is 44.4 Å². The SMILES string of the molecule is CN(C)C(C)(C)C(C)(C)N(C)C(=O)c1ccc(CC2(F)C#CCCCCC2)cc1. The minimum Gasteiger partial charge on any atom is -0.335 e. The van der Waals surface area contributed by atoms with Crippen LogP contribution in [-0.2, 0) is 6.42 Å². The molecule has 1 unspecified atom stereocenters. The summed E-state index contributed by atoms with van der Waals surface area (Å²) in [5.74, 6) is 5.81. The van der Waals surface area contributed by atoms with Crippen molar-refractivity contribution in [3.8, 4) is 11.8 Å². The monoisotopic (exact) mass is 400 g/mol. The molecule has 0 fully saturated rings. The van der Waals surface area contributed by atoms with Crippen LogP contribution in [0.4, 0.5) is 4.39 Å². The van der Waals surface area contributed by atoms with Gasteiger partial charge in [0.2, 0.25) is 0 Å². The molecule has 1 aromatic rings. The molecule has 0 saturated heterocycles. The smallest absolute Gasteiger partial charge is 0.254 e. The summed E-state index contributed by atoms with van der Waals surface area (Å²) >= 11 is 0. The fraction of sp³-hybridized carbons (Fsp3) is 0.640. The number of amides is 1. The Balaban J connectivity index is 2.16. The second-order valence-corrected chi connectivity index (χ2v) is 9.58. The zero-order valence-electron chi connectivity index (χ0n) is 19.2. The number of nitrogens with zero attached hydrogens (tertiary/aromatic N) is 2. The number of rotatable bonds is 6. The van der Waals surface area contributed by atoms with Gasteiger partial charge in [0.05, 0.1) is 5.54 Å². The largest absolute Gasteiger partial charge is 0.335 e. The van der Waals surface area contributed by atoms with Crippen LogP contribution in [-0.4, -0.2) is 53.6 Å². The first-order valence-electron chi connectivity index (χ1n) is 10.6. The van der Waals surface area contributed by atoms with Gasteiger partial charge in [-0.2, -0.15) is 0 Å². The predicted octanol–water partition coefficient (Wildman–Crippen LogP) is 5.10. The van der Waals surface area contributed by atoms with E-state index in [1.807, 2.05) is 45.4 Å². The van der Waals surface area contributed by atoms with Crippen LogP contribution in [0.15, 0.2) is 24.3 Å². The fourth-order valence-electron chi connectivity index (χ4n) is 3.71. The van der Waals surface area contributed by atoms with Crippen LogP contribution in [0.3, 0.4) is 0 Å². The lowest BCUT2D eigenvalue weighted by atomic mass is 9.80. The molecule has 160 valence electrons. The van der Waals surface area contributed by atoms with Crippen LogP contribution in [0.1, 0.15) is 75.7 Å². The number of carbonyl (C=O) groups excluding carboxylic acids is 1. The summed E-state index contributed by atoms with van der Waals surface area (Å²) in [5, 5.41) is 0. The van der Waals surface area contributed by atoms with Crippen molar-refractivity contribution < 1.29 is 9.18 Å². The third-order valence-electron chi connectivity index (χ3n) is 7.13. The van der Waals surface area contributed by atoms with Crippen molar-refractivity contribution in [2.45, 2.75) is 83.0 Å². The minimum absolute atomic E-state index is 0.0304. The molecule has 0 bridgehead atoms. The summed E-state index contributed by atoms with van der Waals surface area (Å²) in [6.07, 6.45) is 4.53. The number of hydrogen-bond donors (Lipinski definition) is 0. The van der Waals surface area contributed by atoms with E-state index in [1.54, 1.807) is 4.90 Å². The first kappa shape index (κ1) is 23.4. The van der Waals surface area contributed by atoms with Crippen molar-refractivity contribution in [2.75, 3.05) is 21.1 Å². The summed E-state index contributed by atoms with van der Waals surface area (Å²) in [7, 11) is 5.90. The molecule has 0 aromatic heterocycles. The standard InChI is InChI=1S/C25H37FN2O/c1-23(2,27(5)6)24(3,4)28(7)22(29)21-15-13-20(14-16-21)19-25(26)17-11-9-8-10-12-18-25/h13-16H,8-11,17,19H2,1-7H3. The van der Waals surface area contributed by atoms with E-state index in [4.69, 9.17) is 0 Å². The zero-order valence-corrected chi connectivity index (χ0v) is 19.2. The average molecular weight is 401 g/mol. The first-order valence-corrected chi connectivity index (χ1v) is 10.6. The molecular weight excluding hydrogens is 363 g/mol. The summed E-state index contributed by atoms with van der Waals surface area (Å²) in [6, 6.07) is 7.36. The van der Waals surface area contributed by atoms with Crippen LogP contribution in [0.25, 0.3) is 0 Å². The Morgan fingerprint density at radius 2 is 1.66 bits per heavy atom. The predicted molar refractivity (Wildman–Crippen MR) is 119 cm³/mol. The molecule has 1 atom stereocenters. The van der Waals surface area contributed by atoms with Crippen molar-refractivity contribution in [3.63, 3.8) is 0 Å². The highest BCUT2D eigenvalue weighted by atomic mass is 19.1. The first-order chi connectivity index (χ1) is 13.4. The second-order valence-electron chi connectivity index (χ2n) is 9.58.